The molecule has 7 heavy (non-hydrogen) atoms. The van der Waals surface area contributed by atoms with Gasteiger partial charge in [0.05, 0.1) is 0 Å². The van der Waals surface area contributed by atoms with Crippen molar-refractivity contribution in [2.24, 2.45) is 5.92 Å². The van der Waals surface area contributed by atoms with Gasteiger partial charge in [-0.3, -0.25) is 0 Å². The van der Waals surface area contributed by atoms with Gasteiger partial charge in [0.15, 0.2) is 0 Å². The van der Waals surface area contributed by atoms with Crippen LogP contribution in [0.2, 0.25) is 0 Å². The molecule has 0 bridgehead atoms. The van der Waals surface area contributed by atoms with Crippen molar-refractivity contribution in [3.63, 3.8) is 0 Å². The van der Waals surface area contributed by atoms with Crippen molar-refractivity contribution in [1.29, 1.82) is 0 Å². The highest BCUT2D eigenvalue weighted by atomic mass is 79.9. The van der Waals surface area contributed by atoms with Gasteiger partial charge in [0.1, 0.15) is 0 Å². The van der Waals surface area contributed by atoms with E-state index in [-0.39, 0.29) is 4.32 Å². The highest BCUT2D eigenvalue weighted by Gasteiger charge is 2.46. The fourth-order valence-corrected chi connectivity index (χ4v) is 1.21. The van der Waals surface area contributed by atoms with E-state index in [4.69, 9.17) is 5.11 Å². The molecular weight excluding hydrogens is 156 g/mol. The van der Waals surface area contributed by atoms with Gasteiger partial charge in [0, 0.05) is 10.9 Å². The number of aliphatic hydroxyl groups is 1. The summed E-state index contributed by atoms with van der Waals surface area (Å²) in [5.41, 5.74) is 0. The molecule has 0 spiro atoms. The Morgan fingerprint density at radius 2 is 2.43 bits per heavy atom. The number of alkyl halides is 1. The van der Waals surface area contributed by atoms with Crippen molar-refractivity contribution < 1.29 is 5.11 Å². The molecule has 42 valence electrons. The van der Waals surface area contributed by atoms with Crippen LogP contribution in [0.25, 0.3) is 0 Å². The molecule has 2 heteroatoms. The van der Waals surface area contributed by atoms with Crippen LogP contribution in [0.5, 0.6) is 0 Å². The fraction of sp³-hybridized carbons (Fsp3) is 1.00. The van der Waals surface area contributed by atoms with Gasteiger partial charge in [0.25, 0.3) is 0 Å². The fourth-order valence-electron chi connectivity index (χ4n) is 0.678. The second-order valence-electron chi connectivity index (χ2n) is 2.36. The van der Waals surface area contributed by atoms with E-state index in [1.807, 2.05) is 0 Å². The summed E-state index contributed by atoms with van der Waals surface area (Å²) in [6, 6.07) is 0. The first kappa shape index (κ1) is 5.57. The monoisotopic (exact) mass is 164 g/mol. The topological polar surface area (TPSA) is 20.2 Å². The molecule has 1 fully saturated rings. The lowest BCUT2D eigenvalue weighted by molar-refractivity contribution is 0.273. The van der Waals surface area contributed by atoms with Crippen LogP contribution in [0, 0.1) is 5.92 Å². The number of halogens is 1. The maximum atomic E-state index is 8.51. The molecule has 0 aromatic rings. The zero-order valence-corrected chi connectivity index (χ0v) is 5.90. The summed E-state index contributed by atoms with van der Waals surface area (Å²) in [6.45, 7) is 2.44. The third-order valence-electron chi connectivity index (χ3n) is 1.56. The van der Waals surface area contributed by atoms with Crippen LogP contribution in [0.4, 0.5) is 0 Å². The Kier molecular flexibility index (Phi) is 1.16. The second-order valence-corrected chi connectivity index (χ2v) is 4.17. The summed E-state index contributed by atoms with van der Waals surface area (Å²) in [6.07, 6.45) is 1.13. The molecule has 1 rings (SSSR count). The molecule has 0 aromatic carbocycles. The first-order valence-corrected chi connectivity index (χ1v) is 3.26. The lowest BCUT2D eigenvalue weighted by Crippen LogP contribution is -1.96. The largest absolute Gasteiger partial charge is 0.396 e. The van der Waals surface area contributed by atoms with Crippen molar-refractivity contribution in [3.8, 4) is 0 Å². The van der Waals surface area contributed by atoms with E-state index < -0.39 is 0 Å². The van der Waals surface area contributed by atoms with Crippen LogP contribution in [0.1, 0.15) is 13.3 Å². The summed E-state index contributed by atoms with van der Waals surface area (Å²) < 4.78 is 0.280. The van der Waals surface area contributed by atoms with Gasteiger partial charge < -0.3 is 5.11 Å². The van der Waals surface area contributed by atoms with Crippen molar-refractivity contribution >= 4 is 15.9 Å². The minimum Gasteiger partial charge on any atom is -0.396 e. The zero-order valence-electron chi connectivity index (χ0n) is 4.32. The van der Waals surface area contributed by atoms with Crippen molar-refractivity contribution in [2.45, 2.75) is 17.7 Å². The number of hydrogen-bond acceptors (Lipinski definition) is 1. The number of rotatable bonds is 1. The van der Waals surface area contributed by atoms with Gasteiger partial charge in [-0.15, -0.1) is 0 Å². The Labute approximate surface area is 51.9 Å². The Bertz CT molecular complexity index is 80.1. The number of aliphatic hydroxyl groups excluding tert-OH is 1. The lowest BCUT2D eigenvalue weighted by atomic mass is 10.4. The smallest absolute Gasteiger partial charge is 0.0473 e. The van der Waals surface area contributed by atoms with E-state index in [0.717, 1.165) is 6.42 Å². The standard InChI is InChI=1S/C5H9BrO/c1-5(6)2-4(5)3-7/h4,7H,2-3H2,1H3. The molecule has 1 saturated carbocycles. The highest BCUT2D eigenvalue weighted by molar-refractivity contribution is 9.10. The molecule has 1 aliphatic rings. The molecule has 0 aromatic heterocycles. The average Bonchev–Trinajstić information content (AvgIpc) is 2.13. The van der Waals surface area contributed by atoms with Crippen LogP contribution in [0.3, 0.4) is 0 Å². The summed E-state index contributed by atoms with van der Waals surface area (Å²) in [4.78, 5) is 0. The first-order chi connectivity index (χ1) is 3.17. The molecule has 0 heterocycles. The minimum atomic E-state index is 0.280. The third kappa shape index (κ3) is 0.970. The summed E-state index contributed by atoms with van der Waals surface area (Å²) >= 11 is 3.45. The Balaban J connectivity index is 2.30. The first-order valence-electron chi connectivity index (χ1n) is 2.46. The molecule has 2 unspecified atom stereocenters. The molecule has 0 saturated heterocycles. The van der Waals surface area contributed by atoms with E-state index in [0.29, 0.717) is 12.5 Å². The van der Waals surface area contributed by atoms with Gasteiger partial charge in [-0.1, -0.05) is 15.9 Å². The maximum Gasteiger partial charge on any atom is 0.0473 e. The van der Waals surface area contributed by atoms with Crippen LogP contribution in [-0.2, 0) is 0 Å². The van der Waals surface area contributed by atoms with Crippen LogP contribution >= 0.6 is 15.9 Å². The van der Waals surface area contributed by atoms with E-state index in [9.17, 15) is 0 Å². The summed E-state index contributed by atoms with van der Waals surface area (Å²) in [5, 5.41) is 8.51. The van der Waals surface area contributed by atoms with Gasteiger partial charge in [-0.25, -0.2) is 0 Å². The maximum absolute atomic E-state index is 8.51. The highest BCUT2D eigenvalue weighted by Crippen LogP contribution is 2.50. The zero-order chi connectivity index (χ0) is 5.49. The molecule has 0 aliphatic heterocycles. The van der Waals surface area contributed by atoms with Crippen LogP contribution in [-0.4, -0.2) is 16.0 Å². The molecular formula is C5H9BrO. The van der Waals surface area contributed by atoms with Gasteiger partial charge >= 0.3 is 0 Å². The van der Waals surface area contributed by atoms with Crippen molar-refractivity contribution in [2.75, 3.05) is 6.61 Å². The molecule has 1 N–H and O–H groups in total. The predicted octanol–water partition coefficient (Wildman–Crippen LogP) is 1.15. The molecule has 2 atom stereocenters. The third-order valence-corrected chi connectivity index (χ3v) is 2.53. The Morgan fingerprint density at radius 1 is 2.00 bits per heavy atom. The molecule has 1 nitrogen and oxygen atoms in total. The van der Waals surface area contributed by atoms with Crippen molar-refractivity contribution in [1.82, 2.24) is 0 Å². The van der Waals surface area contributed by atoms with Gasteiger partial charge in [0.2, 0.25) is 0 Å². The van der Waals surface area contributed by atoms with E-state index in [1.165, 1.54) is 0 Å². The van der Waals surface area contributed by atoms with E-state index in [2.05, 4.69) is 22.9 Å². The Hall–Kier alpha value is 0.440. The normalized spacial score (nSPS) is 49.3. The predicted molar refractivity (Wildman–Crippen MR) is 32.5 cm³/mol. The van der Waals surface area contributed by atoms with Crippen molar-refractivity contribution in [3.05, 3.63) is 0 Å². The van der Waals surface area contributed by atoms with E-state index >= 15 is 0 Å². The van der Waals surface area contributed by atoms with Crippen LogP contribution in [0.15, 0.2) is 0 Å². The Morgan fingerprint density at radius 3 is 2.43 bits per heavy atom. The quantitative estimate of drug-likeness (QED) is 0.578. The summed E-state index contributed by atoms with van der Waals surface area (Å²) in [7, 11) is 0. The number of hydrogen-bond donors (Lipinski definition) is 1. The summed E-state index contributed by atoms with van der Waals surface area (Å²) in [5.74, 6) is 0.521. The minimum absolute atomic E-state index is 0.280. The van der Waals surface area contributed by atoms with E-state index in [1.54, 1.807) is 0 Å². The lowest BCUT2D eigenvalue weighted by Gasteiger charge is -1.92. The molecule has 0 amide bonds. The van der Waals surface area contributed by atoms with Gasteiger partial charge in [-0.05, 0) is 19.3 Å². The molecule has 0 radical (unpaired) electrons. The van der Waals surface area contributed by atoms with Gasteiger partial charge in [-0.2, -0.15) is 0 Å². The van der Waals surface area contributed by atoms with Crippen LogP contribution < -0.4 is 0 Å². The molecule has 1 aliphatic carbocycles. The second kappa shape index (κ2) is 1.46. The SMILES string of the molecule is CC1(Br)CC1CO. The average molecular weight is 165 g/mol.